The van der Waals surface area contributed by atoms with E-state index in [1.165, 1.54) is 0 Å². The molecule has 0 unspecified atom stereocenters. The minimum Gasteiger partial charge on any atom is -0.495 e. The molecule has 2 aromatic carbocycles. The van der Waals surface area contributed by atoms with Gasteiger partial charge in [-0.3, -0.25) is 4.79 Å². The van der Waals surface area contributed by atoms with Crippen LogP contribution < -0.4 is 15.8 Å². The minimum absolute atomic E-state index is 0.369. The predicted octanol–water partition coefficient (Wildman–Crippen LogP) is 2.28. The summed E-state index contributed by atoms with van der Waals surface area (Å²) in [6, 6.07) is 14.4. The first-order valence-electron chi connectivity index (χ1n) is 6.36. The van der Waals surface area contributed by atoms with Crippen LogP contribution in [0.1, 0.15) is 21.5 Å². The zero-order valence-electron chi connectivity index (χ0n) is 11.6. The second kappa shape index (κ2) is 6.44. The van der Waals surface area contributed by atoms with Crippen molar-refractivity contribution in [1.29, 1.82) is 5.26 Å². The summed E-state index contributed by atoms with van der Waals surface area (Å²) in [5, 5.41) is 12.3. The van der Waals surface area contributed by atoms with Gasteiger partial charge in [-0.2, -0.15) is 5.26 Å². The molecule has 0 saturated heterocycles. The number of carbonyl (C=O) groups excluding carboxylic acids is 1. The molecule has 0 saturated carbocycles. The number of primary amides is 1. The molecule has 5 heteroatoms. The van der Waals surface area contributed by atoms with Gasteiger partial charge in [-0.15, -0.1) is 0 Å². The highest BCUT2D eigenvalue weighted by atomic mass is 16.5. The van der Waals surface area contributed by atoms with Crippen LogP contribution in [-0.4, -0.2) is 13.0 Å². The van der Waals surface area contributed by atoms with Crippen molar-refractivity contribution < 1.29 is 9.53 Å². The van der Waals surface area contributed by atoms with Gasteiger partial charge in [-0.25, -0.2) is 0 Å². The number of nitrogens with two attached hydrogens (primary N) is 1. The summed E-state index contributed by atoms with van der Waals surface area (Å²) in [7, 11) is 1.54. The Morgan fingerprint density at radius 1 is 1.29 bits per heavy atom. The fraction of sp³-hybridized carbons (Fsp3) is 0.125. The quantitative estimate of drug-likeness (QED) is 0.880. The summed E-state index contributed by atoms with van der Waals surface area (Å²) in [6.45, 7) is 0.369. The van der Waals surface area contributed by atoms with Crippen LogP contribution in [0.25, 0.3) is 0 Å². The number of benzene rings is 2. The largest absolute Gasteiger partial charge is 0.495 e. The van der Waals surface area contributed by atoms with Crippen molar-refractivity contribution in [3.8, 4) is 11.8 Å². The fourth-order valence-corrected chi connectivity index (χ4v) is 2.08. The summed E-state index contributed by atoms with van der Waals surface area (Å²) in [6.07, 6.45) is 0. The molecule has 0 spiro atoms. The smallest absolute Gasteiger partial charge is 0.249 e. The van der Waals surface area contributed by atoms with E-state index in [-0.39, 0.29) is 0 Å². The van der Waals surface area contributed by atoms with Crippen molar-refractivity contribution >= 4 is 11.6 Å². The van der Waals surface area contributed by atoms with Crippen molar-refractivity contribution in [2.45, 2.75) is 6.54 Å². The van der Waals surface area contributed by atoms with Crippen LogP contribution in [0.15, 0.2) is 42.5 Å². The van der Waals surface area contributed by atoms with E-state index in [2.05, 4.69) is 11.4 Å². The standard InChI is InChI=1S/C16H15N3O2/c1-21-14-8-4-6-11(9-17)15(14)19-10-12-5-2-3-7-13(12)16(18)20/h2-8,19H,10H2,1H3,(H2,18,20). The van der Waals surface area contributed by atoms with E-state index in [0.717, 1.165) is 5.56 Å². The molecule has 0 fully saturated rings. The number of rotatable bonds is 5. The van der Waals surface area contributed by atoms with Gasteiger partial charge in [-0.1, -0.05) is 24.3 Å². The number of hydrogen-bond acceptors (Lipinski definition) is 4. The second-order valence-corrected chi connectivity index (χ2v) is 4.37. The molecule has 0 atom stereocenters. The van der Waals surface area contributed by atoms with Crippen molar-refractivity contribution in [2.75, 3.05) is 12.4 Å². The first kappa shape index (κ1) is 14.4. The van der Waals surface area contributed by atoms with E-state index in [1.807, 2.05) is 12.1 Å². The van der Waals surface area contributed by atoms with Gasteiger partial charge in [0, 0.05) is 12.1 Å². The first-order chi connectivity index (χ1) is 10.2. The lowest BCUT2D eigenvalue weighted by atomic mass is 10.1. The zero-order chi connectivity index (χ0) is 15.2. The number of anilines is 1. The summed E-state index contributed by atoms with van der Waals surface area (Å²) in [4.78, 5) is 11.4. The van der Waals surface area contributed by atoms with Crippen molar-refractivity contribution in [1.82, 2.24) is 0 Å². The Labute approximate surface area is 123 Å². The number of para-hydroxylation sites is 1. The molecule has 0 bridgehead atoms. The lowest BCUT2D eigenvalue weighted by Gasteiger charge is -2.14. The van der Waals surface area contributed by atoms with Crippen LogP contribution in [-0.2, 0) is 6.54 Å². The zero-order valence-corrected chi connectivity index (χ0v) is 11.6. The van der Waals surface area contributed by atoms with Crippen LogP contribution in [0.3, 0.4) is 0 Å². The van der Waals surface area contributed by atoms with Gasteiger partial charge in [0.2, 0.25) is 5.91 Å². The van der Waals surface area contributed by atoms with Crippen LogP contribution in [0.2, 0.25) is 0 Å². The lowest BCUT2D eigenvalue weighted by Crippen LogP contribution is -2.15. The van der Waals surface area contributed by atoms with Crippen LogP contribution >= 0.6 is 0 Å². The van der Waals surface area contributed by atoms with Crippen LogP contribution in [0, 0.1) is 11.3 Å². The molecule has 0 aliphatic heterocycles. The van der Waals surface area contributed by atoms with Crippen LogP contribution in [0.4, 0.5) is 5.69 Å². The molecule has 2 rings (SSSR count). The molecular weight excluding hydrogens is 266 g/mol. The van der Waals surface area contributed by atoms with E-state index in [0.29, 0.717) is 29.1 Å². The van der Waals surface area contributed by atoms with E-state index in [4.69, 9.17) is 15.7 Å². The van der Waals surface area contributed by atoms with Gasteiger partial charge in [0.1, 0.15) is 11.8 Å². The highest BCUT2D eigenvalue weighted by Gasteiger charge is 2.11. The summed E-state index contributed by atoms with van der Waals surface area (Å²) >= 11 is 0. The number of nitrogens with one attached hydrogen (secondary N) is 1. The Bertz CT molecular complexity index is 705. The van der Waals surface area contributed by atoms with Gasteiger partial charge in [-0.05, 0) is 23.8 Å². The van der Waals surface area contributed by atoms with E-state index in [1.54, 1.807) is 37.4 Å². The van der Waals surface area contributed by atoms with Crippen molar-refractivity contribution in [2.24, 2.45) is 5.73 Å². The molecule has 106 valence electrons. The molecule has 5 nitrogen and oxygen atoms in total. The number of nitrogens with zero attached hydrogens (tertiary/aromatic N) is 1. The summed E-state index contributed by atoms with van der Waals surface area (Å²) < 4.78 is 5.25. The van der Waals surface area contributed by atoms with E-state index >= 15 is 0 Å². The predicted molar refractivity (Wildman–Crippen MR) is 80.0 cm³/mol. The van der Waals surface area contributed by atoms with Gasteiger partial charge in [0.25, 0.3) is 0 Å². The molecular formula is C16H15N3O2. The van der Waals surface area contributed by atoms with Crippen LogP contribution in [0.5, 0.6) is 5.75 Å². The van der Waals surface area contributed by atoms with Gasteiger partial charge < -0.3 is 15.8 Å². The Morgan fingerprint density at radius 3 is 2.71 bits per heavy atom. The third-order valence-corrected chi connectivity index (χ3v) is 3.11. The summed E-state index contributed by atoms with van der Waals surface area (Å²) in [5.41, 5.74) is 7.65. The van der Waals surface area contributed by atoms with E-state index < -0.39 is 5.91 Å². The molecule has 1 amide bonds. The topological polar surface area (TPSA) is 88.1 Å². The molecule has 0 aliphatic carbocycles. The number of ether oxygens (including phenoxy) is 1. The van der Waals surface area contributed by atoms with Gasteiger partial charge >= 0.3 is 0 Å². The number of nitriles is 1. The highest BCUT2D eigenvalue weighted by molar-refractivity contribution is 5.94. The molecule has 0 radical (unpaired) electrons. The molecule has 3 N–H and O–H groups in total. The molecule has 0 aromatic heterocycles. The fourth-order valence-electron chi connectivity index (χ4n) is 2.08. The monoisotopic (exact) mass is 281 g/mol. The maximum Gasteiger partial charge on any atom is 0.249 e. The third-order valence-electron chi connectivity index (χ3n) is 3.11. The Balaban J connectivity index is 2.29. The lowest BCUT2D eigenvalue weighted by molar-refractivity contribution is 0.0999. The molecule has 0 aliphatic rings. The third kappa shape index (κ3) is 3.12. The average Bonchev–Trinajstić information content (AvgIpc) is 2.52. The maximum atomic E-state index is 11.4. The molecule has 0 heterocycles. The summed E-state index contributed by atoms with van der Waals surface area (Å²) in [5.74, 6) is 0.0959. The Morgan fingerprint density at radius 2 is 2.05 bits per heavy atom. The maximum absolute atomic E-state index is 11.4. The SMILES string of the molecule is COc1cccc(C#N)c1NCc1ccccc1C(N)=O. The number of methoxy groups -OCH3 is 1. The Kier molecular flexibility index (Phi) is 4.42. The van der Waals surface area contributed by atoms with Gasteiger partial charge in [0.05, 0.1) is 18.4 Å². The number of carbonyl (C=O) groups is 1. The Hall–Kier alpha value is -3.00. The number of hydrogen-bond donors (Lipinski definition) is 2. The molecule has 21 heavy (non-hydrogen) atoms. The minimum atomic E-state index is -0.479. The average molecular weight is 281 g/mol. The molecule has 2 aromatic rings. The second-order valence-electron chi connectivity index (χ2n) is 4.37. The van der Waals surface area contributed by atoms with Crippen molar-refractivity contribution in [3.63, 3.8) is 0 Å². The first-order valence-corrected chi connectivity index (χ1v) is 6.36. The number of amides is 1. The highest BCUT2D eigenvalue weighted by Crippen LogP contribution is 2.28. The van der Waals surface area contributed by atoms with E-state index in [9.17, 15) is 4.79 Å². The van der Waals surface area contributed by atoms with Crippen molar-refractivity contribution in [3.05, 3.63) is 59.2 Å². The normalized spacial score (nSPS) is 9.71. The van der Waals surface area contributed by atoms with Gasteiger partial charge in [0.15, 0.2) is 0 Å².